The first-order chi connectivity index (χ1) is 14.3. The van der Waals surface area contributed by atoms with Crippen molar-refractivity contribution in [1.82, 2.24) is 14.5 Å². The molecule has 0 radical (unpaired) electrons. The van der Waals surface area contributed by atoms with Gasteiger partial charge in [0.2, 0.25) is 5.79 Å². The number of nitrogens with two attached hydrogens (primary N) is 2. The summed E-state index contributed by atoms with van der Waals surface area (Å²) in [6.07, 6.45) is 2.61. The van der Waals surface area contributed by atoms with E-state index in [0.29, 0.717) is 35.3 Å². The van der Waals surface area contributed by atoms with Gasteiger partial charge in [-0.15, -0.1) is 0 Å². The number of aromatic nitrogens is 3. The third kappa shape index (κ3) is 2.90. The molecule has 2 aliphatic rings. The van der Waals surface area contributed by atoms with Gasteiger partial charge in [-0.2, -0.15) is 13.2 Å². The van der Waals surface area contributed by atoms with Crippen LogP contribution < -0.4 is 16.8 Å². The summed E-state index contributed by atoms with van der Waals surface area (Å²) in [4.78, 5) is 12.1. The molecule has 1 saturated carbocycles. The predicted molar refractivity (Wildman–Crippen MR) is 108 cm³/mol. The van der Waals surface area contributed by atoms with Crippen molar-refractivity contribution in [2.75, 3.05) is 5.32 Å². The summed E-state index contributed by atoms with van der Waals surface area (Å²) in [6, 6.07) is 5.22. The molecule has 4 unspecified atom stereocenters. The monoisotopic (exact) mass is 417 g/mol. The van der Waals surface area contributed by atoms with Crippen molar-refractivity contribution < 1.29 is 13.2 Å². The van der Waals surface area contributed by atoms with Gasteiger partial charge in [-0.25, -0.2) is 9.98 Å². The molecule has 0 bridgehead atoms. The minimum atomic E-state index is -4.45. The Labute approximate surface area is 170 Å². The zero-order chi connectivity index (χ0) is 21.1. The highest BCUT2D eigenvalue weighted by Gasteiger charge is 2.48. The number of rotatable bonds is 2. The summed E-state index contributed by atoms with van der Waals surface area (Å²) in [6.45, 7) is 0. The van der Waals surface area contributed by atoms with Crippen LogP contribution >= 0.6 is 0 Å². The average molecular weight is 417 g/mol. The first-order valence-corrected chi connectivity index (χ1v) is 9.85. The Morgan fingerprint density at radius 2 is 2.00 bits per heavy atom. The number of alkyl halides is 3. The number of aromatic amines is 1. The van der Waals surface area contributed by atoms with Crippen LogP contribution in [0, 0.1) is 5.92 Å². The Morgan fingerprint density at radius 1 is 1.17 bits per heavy atom. The van der Waals surface area contributed by atoms with Gasteiger partial charge in [0.1, 0.15) is 5.69 Å². The van der Waals surface area contributed by atoms with Crippen molar-refractivity contribution in [3.8, 4) is 0 Å². The molecule has 2 aromatic heterocycles. The number of benzene rings is 1. The molecule has 4 atom stereocenters. The molecule has 1 fully saturated rings. The Hall–Kier alpha value is -2.85. The van der Waals surface area contributed by atoms with Crippen LogP contribution in [0.15, 0.2) is 41.8 Å². The smallest absolute Gasteiger partial charge is 0.342 e. The number of nitrogens with one attached hydrogen (secondary N) is 2. The number of hydrogen-bond donors (Lipinski definition) is 4. The van der Waals surface area contributed by atoms with Crippen LogP contribution in [-0.2, 0) is 12.0 Å². The first-order valence-electron chi connectivity index (χ1n) is 9.85. The van der Waals surface area contributed by atoms with Gasteiger partial charge >= 0.3 is 6.18 Å². The minimum absolute atomic E-state index is 0.0585. The second kappa shape index (κ2) is 6.58. The molecular formula is C20H22F3N7. The second-order valence-electron chi connectivity index (χ2n) is 8.07. The van der Waals surface area contributed by atoms with E-state index in [4.69, 9.17) is 16.5 Å². The lowest BCUT2D eigenvalue weighted by molar-refractivity contribution is -0.137. The highest BCUT2D eigenvalue weighted by atomic mass is 19.4. The van der Waals surface area contributed by atoms with Crippen LogP contribution in [-0.4, -0.2) is 32.8 Å². The van der Waals surface area contributed by atoms with Gasteiger partial charge < -0.3 is 26.3 Å². The highest BCUT2D eigenvalue weighted by molar-refractivity contribution is 5.87. The van der Waals surface area contributed by atoms with Gasteiger partial charge in [-0.05, 0) is 42.8 Å². The highest BCUT2D eigenvalue weighted by Crippen LogP contribution is 2.43. The molecule has 0 spiro atoms. The van der Waals surface area contributed by atoms with Crippen molar-refractivity contribution in [3.63, 3.8) is 0 Å². The molecular weight excluding hydrogens is 395 g/mol. The summed E-state index contributed by atoms with van der Waals surface area (Å²) in [5, 5.41) is 4.05. The maximum Gasteiger partial charge on any atom is 0.416 e. The number of imidazole rings is 1. The Kier molecular flexibility index (Phi) is 4.19. The van der Waals surface area contributed by atoms with E-state index in [0.717, 1.165) is 18.6 Å². The molecule has 3 aromatic rings. The summed E-state index contributed by atoms with van der Waals surface area (Å²) < 4.78 is 42.0. The fraction of sp³-hybridized carbons (Fsp3) is 0.400. The van der Waals surface area contributed by atoms with Gasteiger partial charge in [0.25, 0.3) is 0 Å². The van der Waals surface area contributed by atoms with E-state index in [1.165, 1.54) is 6.07 Å². The summed E-state index contributed by atoms with van der Waals surface area (Å²) in [7, 11) is 0. The summed E-state index contributed by atoms with van der Waals surface area (Å²) in [5.41, 5.74) is 13.2. The molecule has 6 N–H and O–H groups in total. The molecule has 10 heteroatoms. The average Bonchev–Trinajstić information content (AvgIpc) is 3.34. The summed E-state index contributed by atoms with van der Waals surface area (Å²) >= 11 is 0. The Balaban J connectivity index is 1.72. The van der Waals surface area contributed by atoms with Gasteiger partial charge in [-0.3, -0.25) is 0 Å². The van der Waals surface area contributed by atoms with Crippen LogP contribution in [0.1, 0.15) is 30.5 Å². The van der Waals surface area contributed by atoms with Gasteiger partial charge in [0, 0.05) is 24.2 Å². The lowest BCUT2D eigenvalue weighted by Crippen LogP contribution is -2.57. The molecule has 0 saturated heterocycles. The maximum absolute atomic E-state index is 13.4. The van der Waals surface area contributed by atoms with E-state index in [-0.39, 0.29) is 18.0 Å². The van der Waals surface area contributed by atoms with Gasteiger partial charge in [0.15, 0.2) is 5.82 Å². The maximum atomic E-state index is 13.4. The Morgan fingerprint density at radius 3 is 2.80 bits per heavy atom. The van der Waals surface area contributed by atoms with E-state index in [2.05, 4.69) is 15.3 Å². The molecule has 1 aliphatic heterocycles. The van der Waals surface area contributed by atoms with Crippen LogP contribution in [0.25, 0.3) is 10.9 Å². The largest absolute Gasteiger partial charge is 0.416 e. The van der Waals surface area contributed by atoms with Crippen LogP contribution in [0.5, 0.6) is 0 Å². The zero-order valence-electron chi connectivity index (χ0n) is 16.0. The van der Waals surface area contributed by atoms with Crippen molar-refractivity contribution in [1.29, 1.82) is 0 Å². The van der Waals surface area contributed by atoms with Crippen molar-refractivity contribution in [3.05, 3.63) is 48.0 Å². The van der Waals surface area contributed by atoms with E-state index in [1.54, 1.807) is 29.4 Å². The minimum Gasteiger partial charge on any atom is -0.342 e. The zero-order valence-corrected chi connectivity index (χ0v) is 16.0. The van der Waals surface area contributed by atoms with Crippen molar-refractivity contribution in [2.24, 2.45) is 22.4 Å². The molecule has 7 nitrogen and oxygen atoms in total. The molecule has 1 aliphatic carbocycles. The SMILES string of the molecule is NC1CCC(N)C(C2(n3ccc4ccc(C(F)(F)F)cc43)N=Cc3[nH]cnc3N2)C1. The number of H-pyrrole nitrogens is 1. The molecule has 5 rings (SSSR count). The van der Waals surface area contributed by atoms with E-state index in [9.17, 15) is 13.2 Å². The number of fused-ring (bicyclic) bond motifs is 2. The third-order valence-electron chi connectivity index (χ3n) is 6.21. The van der Waals surface area contributed by atoms with E-state index < -0.39 is 17.5 Å². The lowest BCUT2D eigenvalue weighted by atomic mass is 9.77. The quantitative estimate of drug-likeness (QED) is 0.514. The number of anilines is 1. The van der Waals surface area contributed by atoms with E-state index >= 15 is 0 Å². The number of hydrogen-bond acceptors (Lipinski definition) is 5. The summed E-state index contributed by atoms with van der Waals surface area (Å²) in [5.74, 6) is -0.802. The molecule has 1 aromatic carbocycles. The molecule has 0 amide bonds. The fourth-order valence-corrected chi connectivity index (χ4v) is 4.65. The number of nitrogens with zero attached hydrogens (tertiary/aromatic N) is 3. The second-order valence-corrected chi connectivity index (χ2v) is 8.07. The van der Waals surface area contributed by atoms with Crippen LogP contribution in [0.3, 0.4) is 0 Å². The fourth-order valence-electron chi connectivity index (χ4n) is 4.65. The van der Waals surface area contributed by atoms with E-state index in [1.807, 2.05) is 0 Å². The number of halogens is 3. The molecule has 30 heavy (non-hydrogen) atoms. The number of aliphatic imine (C=N–C) groups is 1. The standard InChI is InChI=1S/C20H22F3N7/c21-19(22,23)12-2-1-11-5-6-30(17(11)7-12)20(14-8-13(24)3-4-15(14)25)28-9-16-18(29-20)27-10-26-16/h1-2,5-7,9-10,13-15,29H,3-4,8,24-25H2,(H,26,27). The van der Waals surface area contributed by atoms with Crippen molar-refractivity contribution >= 4 is 22.9 Å². The Bertz CT molecular complexity index is 1120. The topological polar surface area (TPSA) is 110 Å². The third-order valence-corrected chi connectivity index (χ3v) is 6.21. The molecule has 158 valence electrons. The predicted octanol–water partition coefficient (Wildman–Crippen LogP) is 2.99. The van der Waals surface area contributed by atoms with Crippen LogP contribution in [0.4, 0.5) is 19.0 Å². The molecule has 3 heterocycles. The van der Waals surface area contributed by atoms with Crippen LogP contribution in [0.2, 0.25) is 0 Å². The normalized spacial score (nSPS) is 29.0. The van der Waals surface area contributed by atoms with Crippen molar-refractivity contribution in [2.45, 2.75) is 43.3 Å². The van der Waals surface area contributed by atoms with Gasteiger partial charge in [0.05, 0.1) is 23.6 Å². The first kappa shape index (κ1) is 19.1. The van der Waals surface area contributed by atoms with Gasteiger partial charge in [-0.1, -0.05) is 6.07 Å². The lowest BCUT2D eigenvalue weighted by Gasteiger charge is -2.46.